The highest BCUT2D eigenvalue weighted by atomic mass is 35.5. The number of nitrogens with one attached hydrogen (secondary N) is 2. The highest BCUT2D eigenvalue weighted by molar-refractivity contribution is 7.92. The summed E-state index contributed by atoms with van der Waals surface area (Å²) in [6.07, 6.45) is 0.944. The number of amides is 1. The molecule has 0 saturated heterocycles. The molecular formula is C25H27ClN2O3S. The molecule has 3 rings (SSSR count). The van der Waals surface area contributed by atoms with Crippen LogP contribution in [0.3, 0.4) is 0 Å². The fourth-order valence-electron chi connectivity index (χ4n) is 3.32. The van der Waals surface area contributed by atoms with Crippen LogP contribution in [0.5, 0.6) is 0 Å². The molecular weight excluding hydrogens is 444 g/mol. The van der Waals surface area contributed by atoms with Crippen LogP contribution in [0.15, 0.2) is 65.6 Å². The van der Waals surface area contributed by atoms with Crippen molar-refractivity contribution >= 4 is 33.2 Å². The van der Waals surface area contributed by atoms with E-state index < -0.39 is 10.0 Å². The number of hydrogen-bond donors (Lipinski definition) is 2. The molecule has 0 aliphatic rings. The predicted octanol–water partition coefficient (Wildman–Crippen LogP) is 5.81. The van der Waals surface area contributed by atoms with Crippen LogP contribution in [0.4, 0.5) is 5.69 Å². The van der Waals surface area contributed by atoms with Crippen molar-refractivity contribution in [2.75, 3.05) is 4.72 Å². The monoisotopic (exact) mass is 470 g/mol. The lowest BCUT2D eigenvalue weighted by Crippen LogP contribution is -2.27. The molecule has 32 heavy (non-hydrogen) atoms. The number of benzene rings is 3. The van der Waals surface area contributed by atoms with E-state index in [4.69, 9.17) is 11.6 Å². The molecule has 0 aliphatic heterocycles. The summed E-state index contributed by atoms with van der Waals surface area (Å²) in [6.45, 7) is 7.71. The van der Waals surface area contributed by atoms with E-state index in [9.17, 15) is 13.2 Å². The van der Waals surface area contributed by atoms with Crippen molar-refractivity contribution in [3.63, 3.8) is 0 Å². The van der Waals surface area contributed by atoms with Crippen LogP contribution in [-0.2, 0) is 16.4 Å². The summed E-state index contributed by atoms with van der Waals surface area (Å²) in [5.41, 5.74) is 4.66. The third-order valence-corrected chi connectivity index (χ3v) is 7.41. The third-order valence-electron chi connectivity index (χ3n) is 5.57. The maximum absolute atomic E-state index is 13.0. The van der Waals surface area contributed by atoms with Crippen molar-refractivity contribution in [1.29, 1.82) is 0 Å². The highest BCUT2D eigenvalue weighted by Gasteiger charge is 2.22. The first-order valence-corrected chi connectivity index (χ1v) is 12.3. The minimum atomic E-state index is -3.99. The fraction of sp³-hybridized carbons (Fsp3) is 0.240. The Kier molecular flexibility index (Phi) is 7.26. The van der Waals surface area contributed by atoms with Gasteiger partial charge in [-0.2, -0.15) is 0 Å². The van der Waals surface area contributed by atoms with Gasteiger partial charge in [0.1, 0.15) is 4.90 Å². The SMILES string of the molecule is CCc1ccc([C@H](C)NC(=O)c2ccc(Cl)c(S(=O)(=O)Nc3cccc(C)c3C)c2)cc1. The summed E-state index contributed by atoms with van der Waals surface area (Å²) in [7, 11) is -3.99. The van der Waals surface area contributed by atoms with Crippen molar-refractivity contribution in [2.45, 2.75) is 45.1 Å². The van der Waals surface area contributed by atoms with E-state index in [0.717, 1.165) is 23.1 Å². The normalized spacial score (nSPS) is 12.3. The van der Waals surface area contributed by atoms with Crippen LogP contribution in [0.25, 0.3) is 0 Å². The van der Waals surface area contributed by atoms with Gasteiger partial charge in [0.2, 0.25) is 0 Å². The largest absolute Gasteiger partial charge is 0.346 e. The van der Waals surface area contributed by atoms with Gasteiger partial charge in [0.15, 0.2) is 0 Å². The van der Waals surface area contributed by atoms with Crippen molar-refractivity contribution in [2.24, 2.45) is 0 Å². The van der Waals surface area contributed by atoms with Crippen LogP contribution < -0.4 is 10.0 Å². The lowest BCUT2D eigenvalue weighted by molar-refractivity contribution is 0.0939. The molecule has 3 aromatic rings. The molecule has 3 aromatic carbocycles. The van der Waals surface area contributed by atoms with E-state index >= 15 is 0 Å². The summed E-state index contributed by atoms with van der Waals surface area (Å²) < 4.78 is 28.7. The van der Waals surface area contributed by atoms with E-state index in [1.165, 1.54) is 23.8 Å². The smallest absolute Gasteiger partial charge is 0.263 e. The Bertz CT molecular complexity index is 1240. The van der Waals surface area contributed by atoms with E-state index in [1.54, 1.807) is 12.1 Å². The minimum absolute atomic E-state index is 0.0440. The van der Waals surface area contributed by atoms with E-state index in [-0.39, 0.29) is 27.4 Å². The van der Waals surface area contributed by atoms with Crippen LogP contribution in [0, 0.1) is 13.8 Å². The summed E-state index contributed by atoms with van der Waals surface area (Å²) in [4.78, 5) is 12.7. The number of carbonyl (C=O) groups is 1. The van der Waals surface area contributed by atoms with Crippen molar-refractivity contribution < 1.29 is 13.2 Å². The number of carbonyl (C=O) groups excluding carboxylic acids is 1. The maximum Gasteiger partial charge on any atom is 0.263 e. The van der Waals surface area contributed by atoms with Crippen molar-refractivity contribution in [3.05, 3.63) is 93.5 Å². The highest BCUT2D eigenvalue weighted by Crippen LogP contribution is 2.27. The number of sulfonamides is 1. The zero-order valence-corrected chi connectivity index (χ0v) is 20.1. The molecule has 0 radical (unpaired) electrons. The zero-order chi connectivity index (χ0) is 23.5. The third kappa shape index (κ3) is 5.31. The first kappa shape index (κ1) is 23.8. The number of anilines is 1. The van der Waals surface area contributed by atoms with E-state index in [1.807, 2.05) is 51.1 Å². The van der Waals surface area contributed by atoms with Crippen molar-refractivity contribution in [1.82, 2.24) is 5.32 Å². The lowest BCUT2D eigenvalue weighted by atomic mass is 10.0. The van der Waals surface area contributed by atoms with Gasteiger partial charge in [-0.25, -0.2) is 8.42 Å². The molecule has 0 bridgehead atoms. The Hall–Kier alpha value is -2.83. The number of aryl methyl sites for hydroxylation is 2. The molecule has 0 spiro atoms. The van der Waals surface area contributed by atoms with Gasteiger partial charge < -0.3 is 5.32 Å². The molecule has 1 atom stereocenters. The molecule has 2 N–H and O–H groups in total. The van der Waals surface area contributed by atoms with Gasteiger partial charge in [-0.15, -0.1) is 0 Å². The quantitative estimate of drug-likeness (QED) is 0.457. The molecule has 168 valence electrons. The molecule has 0 fully saturated rings. The Labute approximate surface area is 194 Å². The molecule has 5 nitrogen and oxygen atoms in total. The fourth-order valence-corrected chi connectivity index (χ4v) is 4.97. The molecule has 0 aliphatic carbocycles. The van der Waals surface area contributed by atoms with Crippen LogP contribution >= 0.6 is 11.6 Å². The second-order valence-corrected chi connectivity index (χ2v) is 9.85. The molecule has 0 heterocycles. The van der Waals surface area contributed by atoms with Gasteiger partial charge in [-0.3, -0.25) is 9.52 Å². The predicted molar refractivity (Wildman–Crippen MR) is 130 cm³/mol. The lowest BCUT2D eigenvalue weighted by Gasteiger charge is -2.16. The van der Waals surface area contributed by atoms with E-state index in [2.05, 4.69) is 17.0 Å². The van der Waals surface area contributed by atoms with Gasteiger partial charge in [0, 0.05) is 5.56 Å². The van der Waals surface area contributed by atoms with Crippen LogP contribution in [-0.4, -0.2) is 14.3 Å². The van der Waals surface area contributed by atoms with Gasteiger partial charge >= 0.3 is 0 Å². The standard InChI is InChI=1S/C25H27ClN2O3S/c1-5-19-9-11-20(12-10-19)18(4)27-25(29)21-13-14-22(26)24(15-21)32(30,31)28-23-8-6-7-16(2)17(23)3/h6-15,18,28H,5H2,1-4H3,(H,27,29)/t18-/m0/s1. The van der Waals surface area contributed by atoms with Gasteiger partial charge in [0.05, 0.1) is 16.8 Å². The summed E-state index contributed by atoms with van der Waals surface area (Å²) in [5.74, 6) is -0.378. The first-order valence-electron chi connectivity index (χ1n) is 10.4. The summed E-state index contributed by atoms with van der Waals surface area (Å²) in [6, 6.07) is 17.4. The van der Waals surface area contributed by atoms with Crippen molar-refractivity contribution in [3.8, 4) is 0 Å². The molecule has 0 aromatic heterocycles. The Morgan fingerprint density at radius 2 is 1.72 bits per heavy atom. The Morgan fingerprint density at radius 3 is 2.38 bits per heavy atom. The van der Waals surface area contributed by atoms with Gasteiger partial charge in [-0.05, 0) is 73.7 Å². The average molecular weight is 471 g/mol. The summed E-state index contributed by atoms with van der Waals surface area (Å²) in [5, 5.41) is 2.96. The number of rotatable bonds is 7. The summed E-state index contributed by atoms with van der Waals surface area (Å²) >= 11 is 6.20. The minimum Gasteiger partial charge on any atom is -0.346 e. The molecule has 7 heteroatoms. The van der Waals surface area contributed by atoms with E-state index in [0.29, 0.717) is 5.69 Å². The zero-order valence-electron chi connectivity index (χ0n) is 18.6. The van der Waals surface area contributed by atoms with Crippen LogP contribution in [0.2, 0.25) is 5.02 Å². The number of hydrogen-bond acceptors (Lipinski definition) is 3. The second-order valence-electron chi connectivity index (χ2n) is 7.79. The molecule has 0 saturated carbocycles. The number of halogens is 1. The Morgan fingerprint density at radius 1 is 1.03 bits per heavy atom. The molecule has 1 amide bonds. The van der Waals surface area contributed by atoms with Gasteiger partial charge in [-0.1, -0.05) is 54.9 Å². The Balaban J connectivity index is 1.83. The maximum atomic E-state index is 13.0. The second kappa shape index (κ2) is 9.76. The average Bonchev–Trinajstić information content (AvgIpc) is 2.77. The topological polar surface area (TPSA) is 75.3 Å². The first-order chi connectivity index (χ1) is 15.1. The van der Waals surface area contributed by atoms with Crippen LogP contribution in [0.1, 0.15) is 52.5 Å². The van der Waals surface area contributed by atoms with Gasteiger partial charge in [0.25, 0.3) is 15.9 Å². The molecule has 0 unspecified atom stereocenters.